The second kappa shape index (κ2) is 9.60. The number of likely N-dealkylation sites (N-methyl/N-ethyl adjacent to an activating group) is 1. The van der Waals surface area contributed by atoms with E-state index in [-0.39, 0.29) is 29.6 Å². The maximum Gasteiger partial charge on any atom is 0.272 e. The molecule has 2 aromatic heterocycles. The number of rotatable bonds is 6. The number of aromatic nitrogens is 2. The van der Waals surface area contributed by atoms with Gasteiger partial charge in [0.1, 0.15) is 17.3 Å². The van der Waals surface area contributed by atoms with Gasteiger partial charge in [0.15, 0.2) is 0 Å². The highest BCUT2D eigenvalue weighted by Crippen LogP contribution is 2.29. The molecule has 0 spiro atoms. The molecule has 7 nitrogen and oxygen atoms in total. The molecule has 1 aliphatic heterocycles. The third-order valence-corrected chi connectivity index (χ3v) is 6.70. The first-order valence-corrected chi connectivity index (χ1v) is 11.2. The van der Waals surface area contributed by atoms with E-state index in [1.54, 1.807) is 61.1 Å². The van der Waals surface area contributed by atoms with E-state index in [0.717, 1.165) is 12.8 Å². The molecule has 3 aromatic rings. The lowest BCUT2D eigenvalue weighted by atomic mass is 9.84. The maximum atomic E-state index is 14.5. The van der Waals surface area contributed by atoms with Crippen LogP contribution in [-0.2, 0) is 13.5 Å². The van der Waals surface area contributed by atoms with Crippen LogP contribution in [-0.4, -0.2) is 57.6 Å². The SMILES string of the molecule is Cc1occc1C(=O)N(C)C(Cc1ccccc1F)C1CCN(C(=O)c2ccnn2C)CC1. The summed E-state index contributed by atoms with van der Waals surface area (Å²) in [7, 11) is 3.52. The number of halogens is 1. The molecule has 2 amide bonds. The van der Waals surface area contributed by atoms with Gasteiger partial charge in [0, 0.05) is 39.4 Å². The van der Waals surface area contributed by atoms with Crippen LogP contribution in [0.25, 0.3) is 0 Å². The summed E-state index contributed by atoms with van der Waals surface area (Å²) in [5.74, 6) is 0.231. The molecule has 0 aliphatic carbocycles. The Bertz CT molecular complexity index is 1130. The number of carbonyl (C=O) groups excluding carboxylic acids is 2. The van der Waals surface area contributed by atoms with E-state index in [4.69, 9.17) is 4.42 Å². The van der Waals surface area contributed by atoms with Crippen LogP contribution in [0.2, 0.25) is 0 Å². The number of furan rings is 1. The summed E-state index contributed by atoms with van der Waals surface area (Å²) in [6, 6.07) is 9.87. The zero-order valence-electron chi connectivity index (χ0n) is 19.2. The van der Waals surface area contributed by atoms with E-state index < -0.39 is 0 Å². The van der Waals surface area contributed by atoms with Crippen molar-refractivity contribution < 1.29 is 18.4 Å². The average molecular weight is 453 g/mol. The number of benzene rings is 1. The molecule has 8 heteroatoms. The number of piperidine rings is 1. The van der Waals surface area contributed by atoms with Crippen LogP contribution in [0.15, 0.2) is 53.3 Å². The normalized spacial score (nSPS) is 15.5. The van der Waals surface area contributed by atoms with Gasteiger partial charge in [-0.2, -0.15) is 5.10 Å². The van der Waals surface area contributed by atoms with E-state index >= 15 is 0 Å². The standard InChI is InChI=1S/C25H29FN4O3/c1-17-20(11-15-33-17)24(31)28(2)23(16-19-6-4-5-7-21(19)26)18-9-13-30(14-10-18)25(32)22-8-12-27-29(22)3/h4-8,11-12,15,18,23H,9-10,13-14,16H2,1-3H3. The molecule has 33 heavy (non-hydrogen) atoms. The van der Waals surface area contributed by atoms with Gasteiger partial charge in [-0.05, 0) is 55.9 Å². The number of aryl methyl sites for hydroxylation is 2. The predicted molar refractivity (Wildman–Crippen MR) is 121 cm³/mol. The Balaban J connectivity index is 1.53. The second-order valence-electron chi connectivity index (χ2n) is 8.64. The lowest BCUT2D eigenvalue weighted by Crippen LogP contribution is -2.48. The van der Waals surface area contributed by atoms with Crippen LogP contribution in [0.3, 0.4) is 0 Å². The van der Waals surface area contributed by atoms with Gasteiger partial charge < -0.3 is 14.2 Å². The Hall–Kier alpha value is -3.42. The van der Waals surface area contributed by atoms with Crippen molar-refractivity contribution in [2.24, 2.45) is 13.0 Å². The van der Waals surface area contributed by atoms with Gasteiger partial charge in [-0.3, -0.25) is 14.3 Å². The number of hydrogen-bond acceptors (Lipinski definition) is 4. The minimum atomic E-state index is -0.272. The summed E-state index contributed by atoms with van der Waals surface area (Å²) >= 11 is 0. The number of amides is 2. The van der Waals surface area contributed by atoms with Crippen molar-refractivity contribution in [3.8, 4) is 0 Å². The minimum absolute atomic E-state index is 0.0439. The first kappa shape index (κ1) is 22.8. The first-order valence-electron chi connectivity index (χ1n) is 11.2. The van der Waals surface area contributed by atoms with Crippen molar-refractivity contribution in [3.05, 3.63) is 77.3 Å². The molecule has 0 bridgehead atoms. The Labute approximate surface area is 192 Å². The monoisotopic (exact) mass is 452 g/mol. The number of carbonyl (C=O) groups is 2. The highest BCUT2D eigenvalue weighted by atomic mass is 19.1. The molecule has 0 N–H and O–H groups in total. The fourth-order valence-electron chi connectivity index (χ4n) is 4.69. The Morgan fingerprint density at radius 2 is 1.94 bits per heavy atom. The molecule has 1 atom stereocenters. The average Bonchev–Trinajstić information content (AvgIpc) is 3.45. The van der Waals surface area contributed by atoms with Crippen molar-refractivity contribution in [1.82, 2.24) is 19.6 Å². The molecule has 0 saturated carbocycles. The molecule has 1 fully saturated rings. The van der Waals surface area contributed by atoms with Gasteiger partial charge in [0.2, 0.25) is 0 Å². The summed E-state index contributed by atoms with van der Waals surface area (Å²) < 4.78 is 21.4. The van der Waals surface area contributed by atoms with Crippen molar-refractivity contribution in [2.45, 2.75) is 32.2 Å². The van der Waals surface area contributed by atoms with Crippen molar-refractivity contribution in [2.75, 3.05) is 20.1 Å². The molecule has 174 valence electrons. The predicted octanol–water partition coefficient (Wildman–Crippen LogP) is 3.70. The van der Waals surface area contributed by atoms with Crippen LogP contribution in [0.1, 0.15) is 45.0 Å². The second-order valence-corrected chi connectivity index (χ2v) is 8.64. The van der Waals surface area contributed by atoms with Crippen LogP contribution < -0.4 is 0 Å². The van der Waals surface area contributed by atoms with Gasteiger partial charge in [-0.25, -0.2) is 4.39 Å². The van der Waals surface area contributed by atoms with Crippen LogP contribution in [0.4, 0.5) is 4.39 Å². The third kappa shape index (κ3) is 4.69. The fourth-order valence-corrected chi connectivity index (χ4v) is 4.69. The molecule has 3 heterocycles. The third-order valence-electron chi connectivity index (χ3n) is 6.70. The molecular formula is C25H29FN4O3. The number of likely N-dealkylation sites (tertiary alicyclic amines) is 1. The van der Waals surface area contributed by atoms with Gasteiger partial charge in [0.25, 0.3) is 11.8 Å². The van der Waals surface area contributed by atoms with E-state index in [1.807, 2.05) is 11.0 Å². The van der Waals surface area contributed by atoms with Gasteiger partial charge >= 0.3 is 0 Å². The summed E-state index contributed by atoms with van der Waals surface area (Å²) in [6.45, 7) is 2.92. The van der Waals surface area contributed by atoms with Crippen molar-refractivity contribution in [1.29, 1.82) is 0 Å². The summed E-state index contributed by atoms with van der Waals surface area (Å²) in [5.41, 5.74) is 1.65. The van der Waals surface area contributed by atoms with Gasteiger partial charge in [-0.1, -0.05) is 18.2 Å². The fraction of sp³-hybridized carbons (Fsp3) is 0.400. The number of nitrogens with zero attached hydrogens (tertiary/aromatic N) is 4. The summed E-state index contributed by atoms with van der Waals surface area (Å²) in [6.07, 6.45) is 4.98. The molecular weight excluding hydrogens is 423 g/mol. The highest BCUT2D eigenvalue weighted by Gasteiger charge is 2.34. The van der Waals surface area contributed by atoms with Gasteiger partial charge in [-0.15, -0.1) is 0 Å². The molecule has 1 aliphatic rings. The Kier molecular flexibility index (Phi) is 6.62. The lowest BCUT2D eigenvalue weighted by Gasteiger charge is -2.40. The van der Waals surface area contributed by atoms with Crippen LogP contribution in [0.5, 0.6) is 0 Å². The van der Waals surface area contributed by atoms with E-state index in [0.29, 0.717) is 42.1 Å². The first-order chi connectivity index (χ1) is 15.9. The van der Waals surface area contributed by atoms with Crippen LogP contribution in [0, 0.1) is 18.7 Å². The summed E-state index contributed by atoms with van der Waals surface area (Å²) in [5, 5.41) is 4.09. The van der Waals surface area contributed by atoms with E-state index in [2.05, 4.69) is 5.10 Å². The van der Waals surface area contributed by atoms with Gasteiger partial charge in [0.05, 0.1) is 11.8 Å². The number of hydrogen-bond donors (Lipinski definition) is 0. The Morgan fingerprint density at radius 1 is 1.21 bits per heavy atom. The summed E-state index contributed by atoms with van der Waals surface area (Å²) in [4.78, 5) is 29.7. The molecule has 0 radical (unpaired) electrons. The van der Waals surface area contributed by atoms with E-state index in [1.165, 1.54) is 12.3 Å². The maximum absolute atomic E-state index is 14.5. The molecule has 4 rings (SSSR count). The van der Waals surface area contributed by atoms with Crippen LogP contribution >= 0.6 is 0 Å². The Morgan fingerprint density at radius 3 is 2.55 bits per heavy atom. The highest BCUT2D eigenvalue weighted by molar-refractivity contribution is 5.95. The minimum Gasteiger partial charge on any atom is -0.469 e. The van der Waals surface area contributed by atoms with E-state index in [9.17, 15) is 14.0 Å². The molecule has 1 saturated heterocycles. The largest absolute Gasteiger partial charge is 0.469 e. The quantitative estimate of drug-likeness (QED) is 0.572. The lowest BCUT2D eigenvalue weighted by molar-refractivity contribution is 0.0515. The zero-order chi connectivity index (χ0) is 23.5. The zero-order valence-corrected chi connectivity index (χ0v) is 19.2. The van der Waals surface area contributed by atoms with Crippen molar-refractivity contribution >= 4 is 11.8 Å². The molecule has 1 unspecified atom stereocenters. The van der Waals surface area contributed by atoms with Crippen molar-refractivity contribution in [3.63, 3.8) is 0 Å². The smallest absolute Gasteiger partial charge is 0.272 e. The molecule has 1 aromatic carbocycles. The topological polar surface area (TPSA) is 71.6 Å².